The molecular weight excluding hydrogens is 264 g/mol. The van der Waals surface area contributed by atoms with Gasteiger partial charge in [0.2, 0.25) is 0 Å². The van der Waals surface area contributed by atoms with E-state index in [4.69, 9.17) is 4.18 Å². The molecule has 1 aliphatic rings. The van der Waals surface area contributed by atoms with Crippen molar-refractivity contribution in [3.63, 3.8) is 0 Å². The van der Waals surface area contributed by atoms with Crippen LogP contribution in [-0.2, 0) is 14.3 Å². The van der Waals surface area contributed by atoms with Crippen LogP contribution in [0.3, 0.4) is 0 Å². The Morgan fingerprint density at radius 1 is 1.22 bits per heavy atom. The van der Waals surface area contributed by atoms with Crippen LogP contribution >= 0.6 is 0 Å². The summed E-state index contributed by atoms with van der Waals surface area (Å²) >= 11 is 0. The lowest BCUT2D eigenvalue weighted by Crippen LogP contribution is -2.30. The van der Waals surface area contributed by atoms with Gasteiger partial charge in [0.05, 0.1) is 19.9 Å². The molecule has 18 heavy (non-hydrogen) atoms. The summed E-state index contributed by atoms with van der Waals surface area (Å²) in [5, 5.41) is 0. The molecule has 0 unspecified atom stereocenters. The van der Waals surface area contributed by atoms with Crippen LogP contribution in [0.4, 0.5) is 0 Å². The Morgan fingerprint density at radius 3 is 2.22 bits per heavy atom. The Hall–Kier alpha value is 0.127. The summed E-state index contributed by atoms with van der Waals surface area (Å²) in [6, 6.07) is 0. The zero-order chi connectivity index (χ0) is 14.0. The predicted molar refractivity (Wildman–Crippen MR) is 79.1 cm³/mol. The van der Waals surface area contributed by atoms with Crippen molar-refractivity contribution in [1.29, 1.82) is 0 Å². The maximum absolute atomic E-state index is 11.4. The van der Waals surface area contributed by atoms with Crippen LogP contribution < -0.4 is 0 Å². The summed E-state index contributed by atoms with van der Waals surface area (Å²) in [5.41, 5.74) is 0.160. The van der Waals surface area contributed by atoms with E-state index in [9.17, 15) is 8.42 Å². The Labute approximate surface area is 113 Å². The van der Waals surface area contributed by atoms with Gasteiger partial charge in [-0.2, -0.15) is 8.42 Å². The van der Waals surface area contributed by atoms with Gasteiger partial charge in [0.15, 0.2) is 0 Å². The molecule has 0 radical (unpaired) electrons. The van der Waals surface area contributed by atoms with Gasteiger partial charge in [-0.15, -0.1) is 0 Å². The fourth-order valence-electron chi connectivity index (χ4n) is 2.94. The molecule has 1 saturated carbocycles. The standard InChI is InChI=1S/C13H28O3SSi/c1-6-7-8-9-10-13(16-17(2,14)15)11-12(13)18(3,4)5/h12H,6-11H2,1-5H3/t12-,13-/m1/s1. The van der Waals surface area contributed by atoms with Gasteiger partial charge in [-0.1, -0.05) is 52.2 Å². The average molecular weight is 293 g/mol. The monoisotopic (exact) mass is 292 g/mol. The fraction of sp³-hybridized carbons (Fsp3) is 1.00. The van der Waals surface area contributed by atoms with Gasteiger partial charge in [0.1, 0.15) is 0 Å². The fourth-order valence-corrected chi connectivity index (χ4v) is 6.64. The zero-order valence-corrected chi connectivity index (χ0v) is 14.3. The number of hydrogen-bond acceptors (Lipinski definition) is 3. The van der Waals surface area contributed by atoms with E-state index >= 15 is 0 Å². The van der Waals surface area contributed by atoms with Crippen LogP contribution in [-0.4, -0.2) is 28.3 Å². The van der Waals surface area contributed by atoms with E-state index in [0.29, 0.717) is 5.54 Å². The SMILES string of the molecule is CCCCCC[C@@]1(OS(C)(=O)=O)C[C@H]1[Si](C)(C)C. The summed E-state index contributed by atoms with van der Waals surface area (Å²) in [6.07, 6.45) is 7.75. The molecule has 0 aromatic heterocycles. The molecule has 0 N–H and O–H groups in total. The minimum Gasteiger partial charge on any atom is -0.264 e. The molecule has 1 fully saturated rings. The van der Waals surface area contributed by atoms with Gasteiger partial charge >= 0.3 is 0 Å². The summed E-state index contributed by atoms with van der Waals surface area (Å²) in [7, 11) is -4.65. The summed E-state index contributed by atoms with van der Waals surface area (Å²) in [5.74, 6) is 0. The van der Waals surface area contributed by atoms with Crippen molar-refractivity contribution in [2.75, 3.05) is 6.26 Å². The molecule has 108 valence electrons. The summed E-state index contributed by atoms with van der Waals surface area (Å²) in [6.45, 7) is 9.09. The first-order valence-electron chi connectivity index (χ1n) is 7.01. The van der Waals surface area contributed by atoms with E-state index in [2.05, 4.69) is 26.6 Å². The van der Waals surface area contributed by atoms with E-state index < -0.39 is 18.2 Å². The van der Waals surface area contributed by atoms with Crippen molar-refractivity contribution in [2.24, 2.45) is 0 Å². The van der Waals surface area contributed by atoms with E-state index in [-0.39, 0.29) is 5.60 Å². The number of rotatable bonds is 8. The van der Waals surface area contributed by atoms with Crippen LogP contribution in [0.1, 0.15) is 45.4 Å². The Bertz CT molecular complexity index is 372. The Kier molecular flexibility index (Phi) is 5.06. The van der Waals surface area contributed by atoms with Crippen LogP contribution in [0.5, 0.6) is 0 Å². The van der Waals surface area contributed by atoms with Crippen molar-refractivity contribution in [1.82, 2.24) is 0 Å². The minimum absolute atomic E-state index is 0.341. The lowest BCUT2D eigenvalue weighted by molar-refractivity contribution is 0.173. The molecule has 0 saturated heterocycles. The van der Waals surface area contributed by atoms with Crippen LogP contribution in [0.2, 0.25) is 25.2 Å². The highest BCUT2D eigenvalue weighted by molar-refractivity contribution is 7.86. The number of unbranched alkanes of at least 4 members (excludes halogenated alkanes) is 3. The predicted octanol–water partition coefficient (Wildman–Crippen LogP) is 3.78. The molecule has 2 atom stereocenters. The lowest BCUT2D eigenvalue weighted by Gasteiger charge is -2.23. The van der Waals surface area contributed by atoms with Crippen LogP contribution in [0, 0.1) is 0 Å². The summed E-state index contributed by atoms with van der Waals surface area (Å²) in [4.78, 5) is 0. The quantitative estimate of drug-likeness (QED) is 0.388. The third kappa shape index (κ3) is 4.66. The lowest BCUT2D eigenvalue weighted by atomic mass is 10.1. The van der Waals surface area contributed by atoms with Crippen LogP contribution in [0.25, 0.3) is 0 Å². The third-order valence-corrected chi connectivity index (χ3v) is 7.30. The largest absolute Gasteiger partial charge is 0.264 e. The molecule has 1 rings (SSSR count). The minimum atomic E-state index is -3.33. The van der Waals surface area contributed by atoms with Crippen LogP contribution in [0.15, 0.2) is 0 Å². The van der Waals surface area contributed by atoms with Crippen molar-refractivity contribution < 1.29 is 12.6 Å². The molecule has 0 aromatic carbocycles. The molecule has 0 spiro atoms. The first-order valence-corrected chi connectivity index (χ1v) is 12.4. The van der Waals surface area contributed by atoms with E-state index in [1.54, 1.807) is 0 Å². The molecule has 0 amide bonds. The molecule has 0 aromatic rings. The highest BCUT2D eigenvalue weighted by Crippen LogP contribution is 2.61. The van der Waals surface area contributed by atoms with Crippen molar-refractivity contribution >= 4 is 18.2 Å². The van der Waals surface area contributed by atoms with Gasteiger partial charge in [-0.3, -0.25) is 4.18 Å². The van der Waals surface area contributed by atoms with Gasteiger partial charge in [0.25, 0.3) is 10.1 Å². The molecule has 0 bridgehead atoms. The molecule has 3 nitrogen and oxygen atoms in total. The molecule has 1 aliphatic carbocycles. The van der Waals surface area contributed by atoms with Crippen molar-refractivity contribution in [3.05, 3.63) is 0 Å². The van der Waals surface area contributed by atoms with Crippen molar-refractivity contribution in [3.8, 4) is 0 Å². The van der Waals surface area contributed by atoms with Gasteiger partial charge in [-0.25, -0.2) is 0 Å². The second-order valence-electron chi connectivity index (χ2n) is 6.79. The third-order valence-electron chi connectivity index (χ3n) is 3.84. The zero-order valence-electron chi connectivity index (χ0n) is 12.5. The molecule has 5 heteroatoms. The Balaban J connectivity index is 2.62. The van der Waals surface area contributed by atoms with Crippen molar-refractivity contribution in [2.45, 2.75) is 76.2 Å². The molecular formula is C13H28O3SSi. The van der Waals surface area contributed by atoms with E-state index in [0.717, 1.165) is 19.3 Å². The highest BCUT2D eigenvalue weighted by Gasteiger charge is 2.61. The second-order valence-corrected chi connectivity index (χ2v) is 13.8. The second kappa shape index (κ2) is 5.63. The maximum Gasteiger partial charge on any atom is 0.264 e. The maximum atomic E-state index is 11.4. The molecule has 0 aliphatic heterocycles. The normalized spacial score (nSPS) is 28.4. The van der Waals surface area contributed by atoms with E-state index in [1.165, 1.54) is 25.5 Å². The van der Waals surface area contributed by atoms with Gasteiger partial charge in [0, 0.05) is 0 Å². The first kappa shape index (κ1) is 16.2. The topological polar surface area (TPSA) is 43.4 Å². The van der Waals surface area contributed by atoms with Gasteiger partial charge < -0.3 is 0 Å². The Morgan fingerprint density at radius 2 is 1.83 bits per heavy atom. The average Bonchev–Trinajstić information content (AvgIpc) is 2.84. The van der Waals surface area contributed by atoms with E-state index in [1.807, 2.05) is 0 Å². The highest BCUT2D eigenvalue weighted by atomic mass is 32.2. The first-order chi connectivity index (χ1) is 8.11. The molecule has 0 heterocycles. The number of hydrogen-bond donors (Lipinski definition) is 0. The smallest absolute Gasteiger partial charge is 0.264 e. The summed E-state index contributed by atoms with van der Waals surface area (Å²) < 4.78 is 28.3. The van der Waals surface area contributed by atoms with Gasteiger partial charge in [-0.05, 0) is 18.4 Å².